The second-order valence-electron chi connectivity index (χ2n) is 4.49. The first kappa shape index (κ1) is 15.8. The number of sulfonamides is 1. The zero-order valence-corrected chi connectivity index (χ0v) is 12.2. The third kappa shape index (κ3) is 4.17. The lowest BCUT2D eigenvalue weighted by molar-refractivity contribution is -0.00461. The quantitative estimate of drug-likeness (QED) is 0.616. The van der Waals surface area contributed by atoms with Crippen molar-refractivity contribution in [3.05, 3.63) is 0 Å². The Hall–Kier alpha value is -0.210. The predicted molar refractivity (Wildman–Crippen MR) is 70.1 cm³/mol. The maximum atomic E-state index is 12.1. The fourth-order valence-corrected chi connectivity index (χ4v) is 3.68. The summed E-state index contributed by atoms with van der Waals surface area (Å²) in [5, 5.41) is 3.01. The smallest absolute Gasteiger partial charge is 0.214 e. The molecule has 2 unspecified atom stereocenters. The molecule has 0 spiro atoms. The van der Waals surface area contributed by atoms with Crippen LogP contribution in [0.15, 0.2) is 0 Å². The second-order valence-corrected chi connectivity index (χ2v) is 6.58. The van der Waals surface area contributed by atoms with E-state index in [2.05, 4.69) is 5.32 Å². The summed E-state index contributed by atoms with van der Waals surface area (Å²) in [4.78, 5) is 0. The van der Waals surface area contributed by atoms with Gasteiger partial charge in [0.25, 0.3) is 0 Å². The van der Waals surface area contributed by atoms with E-state index >= 15 is 0 Å². The Labute approximate surface area is 110 Å². The van der Waals surface area contributed by atoms with Gasteiger partial charge in [-0.3, -0.25) is 0 Å². The van der Waals surface area contributed by atoms with Crippen LogP contribution in [0.25, 0.3) is 0 Å². The van der Waals surface area contributed by atoms with Crippen LogP contribution in [0.3, 0.4) is 0 Å². The summed E-state index contributed by atoms with van der Waals surface area (Å²) in [5.74, 6) is 0.196. The van der Waals surface area contributed by atoms with E-state index in [9.17, 15) is 8.42 Å². The molecule has 1 fully saturated rings. The lowest BCUT2D eigenvalue weighted by Gasteiger charge is -2.15. The number of rotatable bonds is 8. The molecule has 2 atom stereocenters. The van der Waals surface area contributed by atoms with E-state index in [0.717, 1.165) is 13.0 Å². The Bertz CT molecular complexity index is 322. The molecule has 0 amide bonds. The van der Waals surface area contributed by atoms with Crippen molar-refractivity contribution in [2.75, 3.05) is 46.7 Å². The number of methoxy groups -OCH3 is 2. The number of nitrogens with zero attached hydrogens (tertiary/aromatic N) is 1. The first-order valence-corrected chi connectivity index (χ1v) is 7.84. The van der Waals surface area contributed by atoms with Crippen LogP contribution in [0.2, 0.25) is 0 Å². The molecule has 6 nitrogen and oxygen atoms in total. The van der Waals surface area contributed by atoms with Crippen LogP contribution in [0.1, 0.15) is 12.8 Å². The van der Waals surface area contributed by atoms with E-state index in [1.165, 1.54) is 4.31 Å². The lowest BCUT2D eigenvalue weighted by atomic mass is 10.3. The van der Waals surface area contributed by atoms with Crippen LogP contribution in [0.4, 0.5) is 0 Å². The van der Waals surface area contributed by atoms with Crippen LogP contribution in [-0.4, -0.2) is 71.6 Å². The first-order valence-electron chi connectivity index (χ1n) is 6.23. The molecule has 108 valence electrons. The summed E-state index contributed by atoms with van der Waals surface area (Å²) in [6.45, 7) is 1.63. The van der Waals surface area contributed by atoms with Gasteiger partial charge >= 0.3 is 0 Å². The molecular weight excluding hydrogens is 256 g/mol. The molecule has 1 N–H and O–H groups in total. The van der Waals surface area contributed by atoms with Gasteiger partial charge in [0.1, 0.15) is 0 Å². The monoisotopic (exact) mass is 280 g/mol. The van der Waals surface area contributed by atoms with Crippen LogP contribution < -0.4 is 5.32 Å². The zero-order chi connectivity index (χ0) is 13.6. The van der Waals surface area contributed by atoms with Crippen molar-refractivity contribution in [2.24, 2.45) is 0 Å². The molecule has 0 bridgehead atoms. The predicted octanol–water partition coefficient (Wildman–Crippen LogP) is -0.339. The van der Waals surface area contributed by atoms with Gasteiger partial charge in [0.2, 0.25) is 10.0 Å². The number of nitrogens with one attached hydrogen (secondary N) is 1. The Morgan fingerprint density at radius 1 is 1.17 bits per heavy atom. The van der Waals surface area contributed by atoms with Gasteiger partial charge in [-0.05, 0) is 26.4 Å². The van der Waals surface area contributed by atoms with Gasteiger partial charge in [-0.2, -0.15) is 4.31 Å². The van der Waals surface area contributed by atoms with Gasteiger partial charge in [0.15, 0.2) is 0 Å². The third-order valence-corrected chi connectivity index (χ3v) is 5.15. The summed E-state index contributed by atoms with van der Waals surface area (Å²) in [7, 11) is 1.85. The minimum Gasteiger partial charge on any atom is -0.377 e. The average molecular weight is 280 g/mol. The molecule has 0 saturated carbocycles. The van der Waals surface area contributed by atoms with E-state index in [0.29, 0.717) is 19.5 Å². The fraction of sp³-hybridized carbons (Fsp3) is 1.00. The number of hydrogen-bond acceptors (Lipinski definition) is 5. The largest absolute Gasteiger partial charge is 0.377 e. The van der Waals surface area contributed by atoms with E-state index in [1.807, 2.05) is 7.05 Å². The topological polar surface area (TPSA) is 67.9 Å². The summed E-state index contributed by atoms with van der Waals surface area (Å²) in [5.41, 5.74) is 0. The molecule has 0 radical (unpaired) electrons. The molecule has 0 aromatic rings. The molecule has 18 heavy (non-hydrogen) atoms. The molecule has 0 aromatic heterocycles. The lowest BCUT2D eigenvalue weighted by Crippen LogP contribution is -2.32. The van der Waals surface area contributed by atoms with Gasteiger partial charge < -0.3 is 14.8 Å². The van der Waals surface area contributed by atoms with Gasteiger partial charge in [0, 0.05) is 27.3 Å². The summed E-state index contributed by atoms with van der Waals surface area (Å²) >= 11 is 0. The number of unbranched alkanes of at least 4 members (excludes halogenated alkanes) is 1. The van der Waals surface area contributed by atoms with Crippen LogP contribution in [0.5, 0.6) is 0 Å². The van der Waals surface area contributed by atoms with E-state index < -0.39 is 10.0 Å². The van der Waals surface area contributed by atoms with E-state index in [1.54, 1.807) is 14.2 Å². The number of ether oxygens (including phenoxy) is 2. The zero-order valence-electron chi connectivity index (χ0n) is 11.4. The van der Waals surface area contributed by atoms with Crippen molar-refractivity contribution in [2.45, 2.75) is 25.0 Å². The molecule has 1 saturated heterocycles. The van der Waals surface area contributed by atoms with Crippen molar-refractivity contribution < 1.29 is 17.9 Å². The van der Waals surface area contributed by atoms with Crippen LogP contribution in [-0.2, 0) is 19.5 Å². The Morgan fingerprint density at radius 2 is 1.72 bits per heavy atom. The van der Waals surface area contributed by atoms with Crippen molar-refractivity contribution in [1.82, 2.24) is 9.62 Å². The third-order valence-electron chi connectivity index (χ3n) is 3.26. The highest BCUT2D eigenvalue weighted by Crippen LogP contribution is 2.19. The highest BCUT2D eigenvalue weighted by molar-refractivity contribution is 7.89. The second kappa shape index (κ2) is 7.40. The minimum absolute atomic E-state index is 0.165. The minimum atomic E-state index is -3.18. The van der Waals surface area contributed by atoms with Gasteiger partial charge in [-0.15, -0.1) is 0 Å². The molecule has 1 aliphatic rings. The molecule has 1 heterocycles. The van der Waals surface area contributed by atoms with Crippen molar-refractivity contribution in [3.8, 4) is 0 Å². The van der Waals surface area contributed by atoms with Crippen molar-refractivity contribution in [1.29, 1.82) is 0 Å². The Balaban J connectivity index is 2.48. The van der Waals surface area contributed by atoms with Crippen LogP contribution >= 0.6 is 0 Å². The first-order chi connectivity index (χ1) is 8.55. The highest BCUT2D eigenvalue weighted by atomic mass is 32.2. The SMILES string of the molecule is CNCCCCS(=O)(=O)N1CC(OC)C(OC)C1. The van der Waals surface area contributed by atoms with Gasteiger partial charge in [-0.25, -0.2) is 8.42 Å². The molecule has 1 aliphatic heterocycles. The Kier molecular flexibility index (Phi) is 6.51. The number of hydrogen-bond donors (Lipinski definition) is 1. The Morgan fingerprint density at radius 3 is 2.17 bits per heavy atom. The van der Waals surface area contributed by atoms with Gasteiger partial charge in [0.05, 0.1) is 18.0 Å². The van der Waals surface area contributed by atoms with Crippen molar-refractivity contribution >= 4 is 10.0 Å². The fourth-order valence-electron chi connectivity index (χ4n) is 2.11. The van der Waals surface area contributed by atoms with Gasteiger partial charge in [-0.1, -0.05) is 0 Å². The summed E-state index contributed by atoms with van der Waals surface area (Å²) in [6.07, 6.45) is 1.21. The van der Waals surface area contributed by atoms with Crippen LogP contribution in [0, 0.1) is 0 Å². The highest BCUT2D eigenvalue weighted by Gasteiger charge is 2.38. The maximum Gasteiger partial charge on any atom is 0.214 e. The molecule has 0 aliphatic carbocycles. The van der Waals surface area contributed by atoms with E-state index in [-0.39, 0.29) is 18.0 Å². The standard InChI is InChI=1S/C11H24N2O4S/c1-12-6-4-5-7-18(14,15)13-8-10(16-2)11(9-13)17-3/h10-12H,4-9H2,1-3H3. The normalized spacial score (nSPS) is 25.7. The molecular formula is C11H24N2O4S. The summed E-state index contributed by atoms with van der Waals surface area (Å²) < 4.78 is 36.2. The van der Waals surface area contributed by atoms with E-state index in [4.69, 9.17) is 9.47 Å². The summed E-state index contributed by atoms with van der Waals surface area (Å²) in [6, 6.07) is 0. The average Bonchev–Trinajstić information content (AvgIpc) is 2.78. The molecule has 7 heteroatoms. The molecule has 1 rings (SSSR count). The maximum absolute atomic E-state index is 12.1. The molecule has 0 aromatic carbocycles. The van der Waals surface area contributed by atoms with Crippen molar-refractivity contribution in [3.63, 3.8) is 0 Å².